The van der Waals surface area contributed by atoms with E-state index in [-0.39, 0.29) is 23.8 Å². The van der Waals surface area contributed by atoms with Gasteiger partial charge in [-0.15, -0.1) is 0 Å². The topological polar surface area (TPSA) is 86.8 Å². The van der Waals surface area contributed by atoms with Crippen molar-refractivity contribution >= 4 is 45.0 Å². The molecule has 3 aromatic carbocycles. The third kappa shape index (κ3) is 7.32. The lowest BCUT2D eigenvalue weighted by Gasteiger charge is -2.32. The maximum Gasteiger partial charge on any atom is 0.243 e. The quantitative estimate of drug-likeness (QED) is 0.399. The van der Waals surface area contributed by atoms with E-state index in [0.29, 0.717) is 15.6 Å². The summed E-state index contributed by atoms with van der Waals surface area (Å²) in [6.45, 7) is 1.37. The first-order valence-electron chi connectivity index (χ1n) is 11.5. The summed E-state index contributed by atoms with van der Waals surface area (Å²) in [6.07, 6.45) is 0.228. The molecule has 0 aliphatic heterocycles. The van der Waals surface area contributed by atoms with Crippen LogP contribution in [0.1, 0.15) is 16.7 Å². The van der Waals surface area contributed by atoms with E-state index in [1.807, 2.05) is 37.3 Å². The Bertz CT molecular complexity index is 1350. The minimum Gasteiger partial charge on any atom is -0.357 e. The fraction of sp³-hybridized carbons (Fsp3) is 0.259. The Kier molecular flexibility index (Phi) is 9.73. The molecule has 0 aliphatic rings. The van der Waals surface area contributed by atoms with Crippen LogP contribution in [0.5, 0.6) is 0 Å². The lowest BCUT2D eigenvalue weighted by molar-refractivity contribution is -0.141. The normalized spacial score (nSPS) is 12.3. The van der Waals surface area contributed by atoms with E-state index in [1.165, 1.54) is 31.1 Å². The van der Waals surface area contributed by atoms with Crippen LogP contribution >= 0.6 is 23.2 Å². The first-order valence-corrected chi connectivity index (χ1v) is 13.7. The first kappa shape index (κ1) is 28.7. The van der Waals surface area contributed by atoms with Crippen LogP contribution in [-0.4, -0.2) is 56.1 Å². The van der Waals surface area contributed by atoms with E-state index in [2.05, 4.69) is 5.32 Å². The van der Waals surface area contributed by atoms with Gasteiger partial charge in [0.05, 0.1) is 11.4 Å². The Hall–Kier alpha value is -2.91. The van der Waals surface area contributed by atoms with E-state index in [0.717, 1.165) is 15.4 Å². The summed E-state index contributed by atoms with van der Waals surface area (Å²) in [6, 6.07) is 19.6. The fourth-order valence-corrected chi connectivity index (χ4v) is 5.40. The molecule has 3 aromatic rings. The number of benzene rings is 3. The molecular weight excluding hydrogens is 533 g/mol. The zero-order valence-electron chi connectivity index (χ0n) is 20.8. The van der Waals surface area contributed by atoms with E-state index in [4.69, 9.17) is 23.2 Å². The lowest BCUT2D eigenvalue weighted by Crippen LogP contribution is -2.52. The molecule has 0 radical (unpaired) electrons. The van der Waals surface area contributed by atoms with Crippen LogP contribution in [0, 0.1) is 6.92 Å². The van der Waals surface area contributed by atoms with Crippen molar-refractivity contribution in [1.29, 1.82) is 0 Å². The average Bonchev–Trinajstić information content (AvgIpc) is 2.87. The molecule has 3 rings (SSSR count). The zero-order chi connectivity index (χ0) is 27.2. The minimum atomic E-state index is -3.94. The predicted molar refractivity (Wildman–Crippen MR) is 146 cm³/mol. The maximum absolute atomic E-state index is 13.7. The molecule has 0 spiro atoms. The lowest BCUT2D eigenvalue weighted by atomic mass is 10.0. The number of hydrogen-bond donors (Lipinski definition) is 1. The Balaban J connectivity index is 1.96. The predicted octanol–water partition coefficient (Wildman–Crippen LogP) is 4.31. The molecule has 1 atom stereocenters. The molecule has 0 heterocycles. The van der Waals surface area contributed by atoms with E-state index < -0.39 is 28.5 Å². The summed E-state index contributed by atoms with van der Waals surface area (Å²) in [4.78, 5) is 28.2. The van der Waals surface area contributed by atoms with Gasteiger partial charge in [0.25, 0.3) is 0 Å². The van der Waals surface area contributed by atoms with Crippen molar-refractivity contribution < 1.29 is 18.0 Å². The number of nitrogens with zero attached hydrogens (tertiary/aromatic N) is 2. The van der Waals surface area contributed by atoms with Crippen molar-refractivity contribution in [3.05, 3.63) is 99.5 Å². The number of aryl methyl sites for hydroxylation is 1. The van der Waals surface area contributed by atoms with Crippen molar-refractivity contribution in [3.8, 4) is 0 Å². The molecule has 0 saturated carbocycles. The maximum atomic E-state index is 13.7. The summed E-state index contributed by atoms with van der Waals surface area (Å²) < 4.78 is 27.3. The summed E-state index contributed by atoms with van der Waals surface area (Å²) in [5.41, 5.74) is 2.33. The van der Waals surface area contributed by atoms with Gasteiger partial charge in [0.15, 0.2) is 0 Å². The van der Waals surface area contributed by atoms with Gasteiger partial charge in [0, 0.05) is 37.1 Å². The zero-order valence-corrected chi connectivity index (χ0v) is 23.1. The standard InChI is InChI=1S/C27H29Cl2N3O4S/c1-19-9-13-23(14-10-19)37(35,36)31(3)18-26(33)32(17-21-11-12-22(28)16-24(21)29)25(27(34)30-2)15-20-7-5-4-6-8-20/h4-14,16,25H,15,17-18H2,1-3H3,(H,30,34)/t25-/m1/s1. The first-order chi connectivity index (χ1) is 17.5. The van der Waals surface area contributed by atoms with Crippen LogP contribution in [0.15, 0.2) is 77.7 Å². The number of nitrogens with one attached hydrogen (secondary N) is 1. The van der Waals surface area contributed by atoms with Crippen molar-refractivity contribution in [3.63, 3.8) is 0 Å². The van der Waals surface area contributed by atoms with Crippen molar-refractivity contribution in [1.82, 2.24) is 14.5 Å². The van der Waals surface area contributed by atoms with Crippen molar-refractivity contribution in [2.45, 2.75) is 30.8 Å². The monoisotopic (exact) mass is 561 g/mol. The largest absolute Gasteiger partial charge is 0.357 e. The number of amides is 2. The Morgan fingerprint density at radius 3 is 2.22 bits per heavy atom. The second-order valence-corrected chi connectivity index (χ2v) is 11.5. The molecule has 0 unspecified atom stereocenters. The number of rotatable bonds is 10. The van der Waals surface area contributed by atoms with Gasteiger partial charge in [-0.05, 0) is 42.3 Å². The van der Waals surface area contributed by atoms with Gasteiger partial charge in [0.2, 0.25) is 21.8 Å². The second kappa shape index (κ2) is 12.6. The molecule has 0 aromatic heterocycles. The second-order valence-electron chi connectivity index (χ2n) is 8.65. The molecule has 1 N–H and O–H groups in total. The van der Waals surface area contributed by atoms with Crippen LogP contribution in [0.25, 0.3) is 0 Å². The van der Waals surface area contributed by atoms with Crippen LogP contribution in [0.4, 0.5) is 0 Å². The van der Waals surface area contributed by atoms with Crippen LogP contribution < -0.4 is 5.32 Å². The number of carbonyl (C=O) groups excluding carboxylic acids is 2. The smallest absolute Gasteiger partial charge is 0.243 e. The van der Waals surface area contributed by atoms with Gasteiger partial charge in [0.1, 0.15) is 6.04 Å². The van der Waals surface area contributed by atoms with Gasteiger partial charge >= 0.3 is 0 Å². The minimum absolute atomic E-state index is 0.0157. The number of hydrogen-bond acceptors (Lipinski definition) is 4. The molecule has 0 aliphatic carbocycles. The number of carbonyl (C=O) groups is 2. The molecule has 0 fully saturated rings. The van der Waals surface area contributed by atoms with E-state index in [1.54, 1.807) is 30.3 Å². The highest BCUT2D eigenvalue weighted by molar-refractivity contribution is 7.89. The summed E-state index contributed by atoms with van der Waals surface area (Å²) in [5, 5.41) is 3.39. The molecule has 37 heavy (non-hydrogen) atoms. The fourth-order valence-electron chi connectivity index (χ4n) is 3.81. The van der Waals surface area contributed by atoms with E-state index >= 15 is 0 Å². The third-order valence-electron chi connectivity index (χ3n) is 5.96. The molecule has 2 amide bonds. The van der Waals surface area contributed by atoms with Gasteiger partial charge < -0.3 is 10.2 Å². The van der Waals surface area contributed by atoms with Gasteiger partial charge in [-0.3, -0.25) is 9.59 Å². The van der Waals surface area contributed by atoms with Gasteiger partial charge in [-0.2, -0.15) is 4.31 Å². The average molecular weight is 563 g/mol. The molecule has 0 saturated heterocycles. The highest BCUT2D eigenvalue weighted by Gasteiger charge is 2.33. The van der Waals surface area contributed by atoms with Crippen molar-refractivity contribution in [2.75, 3.05) is 20.6 Å². The van der Waals surface area contributed by atoms with Crippen LogP contribution in [0.3, 0.4) is 0 Å². The van der Waals surface area contributed by atoms with Gasteiger partial charge in [-0.25, -0.2) is 8.42 Å². The summed E-state index contributed by atoms with van der Waals surface area (Å²) >= 11 is 12.4. The van der Waals surface area contributed by atoms with Crippen molar-refractivity contribution in [2.24, 2.45) is 0 Å². The highest BCUT2D eigenvalue weighted by Crippen LogP contribution is 2.24. The number of likely N-dealkylation sites (N-methyl/N-ethyl adjacent to an activating group) is 2. The van der Waals surface area contributed by atoms with Crippen LogP contribution in [0.2, 0.25) is 10.0 Å². The molecular formula is C27H29Cl2N3O4S. The SMILES string of the molecule is CNC(=O)[C@@H](Cc1ccccc1)N(Cc1ccc(Cl)cc1Cl)C(=O)CN(C)S(=O)(=O)c1ccc(C)cc1. The Labute approximate surface area is 228 Å². The van der Waals surface area contributed by atoms with Gasteiger partial charge in [-0.1, -0.05) is 77.3 Å². The van der Waals surface area contributed by atoms with Crippen LogP contribution in [-0.2, 0) is 32.6 Å². The summed E-state index contributed by atoms with van der Waals surface area (Å²) in [7, 11) is -1.11. The number of halogens is 2. The number of sulfonamides is 1. The highest BCUT2D eigenvalue weighted by atomic mass is 35.5. The molecule has 196 valence electrons. The Morgan fingerprint density at radius 1 is 0.973 bits per heavy atom. The molecule has 0 bridgehead atoms. The third-order valence-corrected chi connectivity index (χ3v) is 8.36. The van der Waals surface area contributed by atoms with E-state index in [9.17, 15) is 18.0 Å². The molecule has 7 nitrogen and oxygen atoms in total. The Morgan fingerprint density at radius 2 is 1.62 bits per heavy atom. The summed E-state index contributed by atoms with van der Waals surface area (Å²) in [5.74, 6) is -0.930. The molecule has 10 heteroatoms.